The van der Waals surface area contributed by atoms with Crippen molar-refractivity contribution in [1.29, 1.82) is 0 Å². The number of methoxy groups -OCH3 is 1. The van der Waals surface area contributed by atoms with Gasteiger partial charge >= 0.3 is 0 Å². The van der Waals surface area contributed by atoms with Crippen molar-refractivity contribution in [3.05, 3.63) is 52.8 Å². The highest BCUT2D eigenvalue weighted by molar-refractivity contribution is 5.78. The van der Waals surface area contributed by atoms with Crippen LogP contribution in [0.4, 0.5) is 0 Å². The zero-order chi connectivity index (χ0) is 14.1. The summed E-state index contributed by atoms with van der Waals surface area (Å²) in [5.41, 5.74) is 0.444. The molecule has 3 rings (SSSR count). The largest absolute Gasteiger partial charge is 0.501 e. The maximum Gasteiger partial charge on any atom is 0.253 e. The topological polar surface area (TPSA) is 72.6 Å². The summed E-state index contributed by atoms with van der Waals surface area (Å²) in [5.74, 6) is 0.259. The Morgan fingerprint density at radius 3 is 2.90 bits per heavy atom. The third-order valence-electron chi connectivity index (χ3n) is 2.96. The lowest BCUT2D eigenvalue weighted by Crippen LogP contribution is -2.04. The molecule has 1 aromatic carbocycles. The van der Waals surface area contributed by atoms with Gasteiger partial charge in [-0.05, 0) is 24.3 Å². The Morgan fingerprint density at radius 1 is 1.25 bits per heavy atom. The molecule has 0 unspecified atom stereocenters. The Kier molecular flexibility index (Phi) is 2.87. The second-order valence-corrected chi connectivity index (χ2v) is 4.19. The van der Waals surface area contributed by atoms with Crippen LogP contribution in [-0.4, -0.2) is 17.2 Å². The number of pyridine rings is 1. The fourth-order valence-corrected chi connectivity index (χ4v) is 1.98. The predicted molar refractivity (Wildman–Crippen MR) is 73.9 cm³/mol. The predicted octanol–water partition coefficient (Wildman–Crippen LogP) is 2.57. The lowest BCUT2D eigenvalue weighted by atomic mass is 10.1. The summed E-state index contributed by atoms with van der Waals surface area (Å²) in [5, 5.41) is 10.0. The highest BCUT2D eigenvalue weighted by atomic mass is 16.5. The number of hydrogen-bond acceptors (Lipinski definition) is 5. The molecule has 1 N–H and O–H groups in total. The van der Waals surface area contributed by atoms with Crippen molar-refractivity contribution in [2.75, 3.05) is 7.11 Å². The number of aromatic nitrogens is 1. The van der Waals surface area contributed by atoms with Crippen LogP contribution in [0.15, 0.2) is 51.8 Å². The SMILES string of the molecule is COc1cccc(-c2oc3cccnc3c(=O)c2O)c1. The van der Waals surface area contributed by atoms with Crippen LogP contribution in [0.25, 0.3) is 22.4 Å². The Morgan fingerprint density at radius 2 is 2.10 bits per heavy atom. The smallest absolute Gasteiger partial charge is 0.253 e. The van der Waals surface area contributed by atoms with E-state index >= 15 is 0 Å². The van der Waals surface area contributed by atoms with Crippen molar-refractivity contribution in [1.82, 2.24) is 4.98 Å². The van der Waals surface area contributed by atoms with Gasteiger partial charge in [-0.1, -0.05) is 12.1 Å². The van der Waals surface area contributed by atoms with E-state index in [0.717, 1.165) is 0 Å². The summed E-state index contributed by atoms with van der Waals surface area (Å²) in [6.45, 7) is 0. The van der Waals surface area contributed by atoms with E-state index < -0.39 is 11.2 Å². The molecule has 0 saturated heterocycles. The monoisotopic (exact) mass is 269 g/mol. The molecule has 3 aromatic rings. The summed E-state index contributed by atoms with van der Waals surface area (Å²) < 4.78 is 10.7. The van der Waals surface area contributed by atoms with Crippen LogP contribution in [0, 0.1) is 0 Å². The molecule has 0 amide bonds. The number of rotatable bonds is 2. The van der Waals surface area contributed by atoms with Crippen LogP contribution in [0.2, 0.25) is 0 Å². The molecular weight excluding hydrogens is 258 g/mol. The lowest BCUT2D eigenvalue weighted by Gasteiger charge is -2.06. The fourth-order valence-electron chi connectivity index (χ4n) is 1.98. The van der Waals surface area contributed by atoms with E-state index in [1.54, 1.807) is 43.5 Å². The summed E-state index contributed by atoms with van der Waals surface area (Å²) in [4.78, 5) is 16.0. The molecule has 2 heterocycles. The molecule has 0 radical (unpaired) electrons. The van der Waals surface area contributed by atoms with E-state index in [4.69, 9.17) is 9.15 Å². The van der Waals surface area contributed by atoms with E-state index in [-0.39, 0.29) is 11.3 Å². The van der Waals surface area contributed by atoms with E-state index in [9.17, 15) is 9.90 Å². The first-order chi connectivity index (χ1) is 9.70. The minimum atomic E-state index is -0.551. The van der Waals surface area contributed by atoms with Gasteiger partial charge in [0.15, 0.2) is 16.9 Å². The first-order valence-corrected chi connectivity index (χ1v) is 5.96. The molecule has 20 heavy (non-hydrogen) atoms. The average molecular weight is 269 g/mol. The molecule has 0 atom stereocenters. The Bertz CT molecular complexity index is 839. The molecule has 0 aliphatic carbocycles. The van der Waals surface area contributed by atoms with Crippen LogP contribution in [-0.2, 0) is 0 Å². The Balaban J connectivity index is 2.31. The van der Waals surface area contributed by atoms with Crippen molar-refractivity contribution in [3.8, 4) is 22.8 Å². The second kappa shape index (κ2) is 4.70. The molecule has 100 valence electrons. The minimum absolute atomic E-state index is 0.106. The van der Waals surface area contributed by atoms with Gasteiger partial charge in [0.05, 0.1) is 7.11 Å². The third-order valence-corrected chi connectivity index (χ3v) is 2.96. The zero-order valence-electron chi connectivity index (χ0n) is 10.7. The highest BCUT2D eigenvalue weighted by Gasteiger charge is 2.16. The number of fused-ring (bicyclic) bond motifs is 1. The van der Waals surface area contributed by atoms with Crippen molar-refractivity contribution >= 4 is 11.1 Å². The number of hydrogen-bond donors (Lipinski definition) is 1. The molecular formula is C15H11NO4. The summed E-state index contributed by atoms with van der Waals surface area (Å²) in [7, 11) is 1.54. The molecule has 0 bridgehead atoms. The molecule has 0 fully saturated rings. The molecule has 0 spiro atoms. The number of aromatic hydroxyl groups is 1. The third kappa shape index (κ3) is 1.89. The summed E-state index contributed by atoms with van der Waals surface area (Å²) in [6.07, 6.45) is 1.48. The maximum absolute atomic E-state index is 12.1. The highest BCUT2D eigenvalue weighted by Crippen LogP contribution is 2.31. The summed E-state index contributed by atoms with van der Waals surface area (Å²) >= 11 is 0. The van der Waals surface area contributed by atoms with Crippen LogP contribution < -0.4 is 10.2 Å². The van der Waals surface area contributed by atoms with Crippen LogP contribution in [0.5, 0.6) is 11.5 Å². The van der Waals surface area contributed by atoms with Crippen molar-refractivity contribution < 1.29 is 14.3 Å². The first kappa shape index (κ1) is 12.2. The van der Waals surface area contributed by atoms with Gasteiger partial charge in [-0.3, -0.25) is 4.79 Å². The minimum Gasteiger partial charge on any atom is -0.501 e. The summed E-state index contributed by atoms with van der Waals surface area (Å²) in [6, 6.07) is 10.2. The molecule has 5 heteroatoms. The van der Waals surface area contributed by atoms with Gasteiger partial charge in [0.2, 0.25) is 5.75 Å². The normalized spacial score (nSPS) is 10.7. The van der Waals surface area contributed by atoms with Gasteiger partial charge in [-0.15, -0.1) is 0 Å². The van der Waals surface area contributed by atoms with Gasteiger partial charge in [-0.2, -0.15) is 0 Å². The van der Waals surface area contributed by atoms with E-state index in [1.165, 1.54) is 6.20 Å². The van der Waals surface area contributed by atoms with Gasteiger partial charge < -0.3 is 14.3 Å². The number of ether oxygens (including phenoxy) is 1. The molecule has 5 nitrogen and oxygen atoms in total. The molecule has 0 saturated carbocycles. The lowest BCUT2D eigenvalue weighted by molar-refractivity contribution is 0.414. The second-order valence-electron chi connectivity index (χ2n) is 4.19. The maximum atomic E-state index is 12.1. The quantitative estimate of drug-likeness (QED) is 0.774. The van der Waals surface area contributed by atoms with Crippen molar-refractivity contribution in [2.45, 2.75) is 0 Å². The van der Waals surface area contributed by atoms with Gasteiger partial charge in [0.1, 0.15) is 5.75 Å². The van der Waals surface area contributed by atoms with Crippen molar-refractivity contribution in [3.63, 3.8) is 0 Å². The molecule has 2 aromatic heterocycles. The van der Waals surface area contributed by atoms with Crippen LogP contribution in [0.3, 0.4) is 0 Å². The number of nitrogens with zero attached hydrogens (tertiary/aromatic N) is 1. The zero-order valence-corrected chi connectivity index (χ0v) is 10.7. The Hall–Kier alpha value is -2.82. The van der Waals surface area contributed by atoms with Gasteiger partial charge in [0, 0.05) is 11.8 Å². The van der Waals surface area contributed by atoms with Gasteiger partial charge in [-0.25, -0.2) is 4.98 Å². The Labute approximate surface area is 114 Å². The molecule has 0 aliphatic heterocycles. The van der Waals surface area contributed by atoms with E-state index in [2.05, 4.69) is 4.98 Å². The van der Waals surface area contributed by atoms with E-state index in [0.29, 0.717) is 16.9 Å². The molecule has 0 aliphatic rings. The van der Waals surface area contributed by atoms with Gasteiger partial charge in [0.25, 0.3) is 5.43 Å². The van der Waals surface area contributed by atoms with Crippen LogP contribution >= 0.6 is 0 Å². The average Bonchev–Trinajstić information content (AvgIpc) is 2.51. The van der Waals surface area contributed by atoms with E-state index in [1.807, 2.05) is 0 Å². The number of benzene rings is 1. The van der Waals surface area contributed by atoms with Crippen molar-refractivity contribution in [2.24, 2.45) is 0 Å². The standard InChI is InChI=1S/C15H11NO4/c1-19-10-5-2-4-9(8-10)15-14(18)13(17)12-11(20-15)6-3-7-16-12/h2-8,18H,1H3. The fraction of sp³-hybridized carbons (Fsp3) is 0.0667. The first-order valence-electron chi connectivity index (χ1n) is 5.96. The van der Waals surface area contributed by atoms with Crippen LogP contribution in [0.1, 0.15) is 0 Å².